The van der Waals surface area contributed by atoms with Crippen LogP contribution in [0.2, 0.25) is 4.34 Å². The number of thioether (sulfide) groups is 1. The summed E-state index contributed by atoms with van der Waals surface area (Å²) in [6.45, 7) is 2.83. The fourth-order valence-electron chi connectivity index (χ4n) is 4.37. The van der Waals surface area contributed by atoms with Crippen molar-refractivity contribution in [2.75, 3.05) is 43.9 Å². The molecule has 5 rings (SSSR count). The first-order valence-corrected chi connectivity index (χ1v) is 15.3. The number of para-hydroxylation sites is 1. The quantitative estimate of drug-likeness (QED) is 0.449. The number of carbonyl (C=O) groups is 1. The SMILES string of the molecule is CSc1cccc2sc(N3CCN(C(=O)C4CCCN4S(=O)(=O)c4ccc(Cl)s4)CC3)nc12. The largest absolute Gasteiger partial charge is 0.345 e. The summed E-state index contributed by atoms with van der Waals surface area (Å²) in [5, 5.41) is 0.971. The molecule has 2 saturated heterocycles. The standard InChI is InChI=1S/C21H23ClN4O3S4/c1-30-15-5-2-6-16-19(15)23-21(31-16)25-12-10-24(11-13-25)20(27)14-4-3-9-26(14)33(28,29)18-8-7-17(22)32-18/h2,5-8,14H,3-4,9-13H2,1H3. The van der Waals surface area contributed by atoms with Gasteiger partial charge in [0.25, 0.3) is 10.0 Å². The Morgan fingerprint density at radius 2 is 1.91 bits per heavy atom. The maximum absolute atomic E-state index is 13.3. The Labute approximate surface area is 210 Å². The topological polar surface area (TPSA) is 73.8 Å². The van der Waals surface area contributed by atoms with E-state index in [0.29, 0.717) is 49.9 Å². The van der Waals surface area contributed by atoms with Gasteiger partial charge >= 0.3 is 0 Å². The molecule has 2 aliphatic rings. The molecule has 0 saturated carbocycles. The van der Waals surface area contributed by atoms with Crippen molar-refractivity contribution in [2.24, 2.45) is 0 Å². The van der Waals surface area contributed by atoms with E-state index in [4.69, 9.17) is 16.6 Å². The normalized spacial score (nSPS) is 20.1. The molecule has 0 bridgehead atoms. The molecule has 2 aromatic heterocycles. The van der Waals surface area contributed by atoms with Crippen LogP contribution in [0.5, 0.6) is 0 Å². The van der Waals surface area contributed by atoms with Gasteiger partial charge < -0.3 is 9.80 Å². The number of anilines is 1. The van der Waals surface area contributed by atoms with Crippen molar-refractivity contribution >= 4 is 77.3 Å². The number of hydrogen-bond acceptors (Lipinski definition) is 8. The number of thiazole rings is 1. The van der Waals surface area contributed by atoms with Crippen molar-refractivity contribution in [1.29, 1.82) is 0 Å². The molecule has 0 aliphatic carbocycles. The molecule has 2 aliphatic heterocycles. The lowest BCUT2D eigenvalue weighted by atomic mass is 10.2. The zero-order valence-corrected chi connectivity index (χ0v) is 22.0. The average molecular weight is 543 g/mol. The van der Waals surface area contributed by atoms with Gasteiger partial charge in [0.05, 0.1) is 14.6 Å². The van der Waals surface area contributed by atoms with Crippen LogP contribution in [0.1, 0.15) is 12.8 Å². The first kappa shape index (κ1) is 23.4. The fourth-order valence-corrected chi connectivity index (χ4v) is 9.30. The van der Waals surface area contributed by atoms with Crippen molar-refractivity contribution in [3.8, 4) is 0 Å². The van der Waals surface area contributed by atoms with Crippen LogP contribution in [0.15, 0.2) is 39.4 Å². The number of carbonyl (C=O) groups excluding carboxylic acids is 1. The fraction of sp³-hybridized carbons (Fsp3) is 0.429. The highest BCUT2D eigenvalue weighted by atomic mass is 35.5. The van der Waals surface area contributed by atoms with Gasteiger partial charge in [-0.1, -0.05) is 29.0 Å². The minimum atomic E-state index is -3.73. The highest BCUT2D eigenvalue weighted by Gasteiger charge is 2.42. The van der Waals surface area contributed by atoms with E-state index >= 15 is 0 Å². The van der Waals surface area contributed by atoms with E-state index in [9.17, 15) is 13.2 Å². The highest BCUT2D eigenvalue weighted by molar-refractivity contribution is 7.98. The van der Waals surface area contributed by atoms with Crippen molar-refractivity contribution in [1.82, 2.24) is 14.2 Å². The van der Waals surface area contributed by atoms with Gasteiger partial charge in [-0.05, 0) is 43.4 Å². The summed E-state index contributed by atoms with van der Waals surface area (Å²) in [6, 6.07) is 8.67. The van der Waals surface area contributed by atoms with Crippen molar-refractivity contribution in [3.63, 3.8) is 0 Å². The Bertz CT molecular complexity index is 1280. The van der Waals surface area contributed by atoms with Crippen LogP contribution < -0.4 is 4.90 Å². The van der Waals surface area contributed by atoms with Crippen molar-refractivity contribution < 1.29 is 13.2 Å². The van der Waals surface area contributed by atoms with Gasteiger partial charge in [-0.15, -0.1) is 23.1 Å². The van der Waals surface area contributed by atoms with Crippen LogP contribution in [-0.2, 0) is 14.8 Å². The molecule has 4 heterocycles. The maximum atomic E-state index is 13.3. The molecule has 1 aromatic carbocycles. The predicted octanol–water partition coefficient (Wildman–Crippen LogP) is 4.24. The smallest absolute Gasteiger partial charge is 0.253 e. The summed E-state index contributed by atoms with van der Waals surface area (Å²) >= 11 is 10.3. The number of rotatable bonds is 5. The third-order valence-corrected chi connectivity index (χ3v) is 11.5. The van der Waals surface area contributed by atoms with Crippen LogP contribution in [-0.4, -0.2) is 73.5 Å². The number of benzene rings is 1. The molecule has 1 amide bonds. The molecule has 7 nitrogen and oxygen atoms in total. The summed E-state index contributed by atoms with van der Waals surface area (Å²) in [5.41, 5.74) is 1.03. The Morgan fingerprint density at radius 1 is 1.12 bits per heavy atom. The van der Waals surface area contributed by atoms with Gasteiger partial charge in [0.2, 0.25) is 5.91 Å². The Morgan fingerprint density at radius 3 is 2.61 bits per heavy atom. The van der Waals surface area contributed by atoms with Gasteiger partial charge in [-0.3, -0.25) is 4.79 Å². The predicted molar refractivity (Wildman–Crippen MR) is 136 cm³/mol. The van der Waals surface area contributed by atoms with E-state index in [0.717, 1.165) is 26.7 Å². The summed E-state index contributed by atoms with van der Waals surface area (Å²) in [4.78, 5) is 23.4. The van der Waals surface area contributed by atoms with E-state index in [1.165, 1.54) is 15.3 Å². The van der Waals surface area contributed by atoms with E-state index < -0.39 is 16.1 Å². The van der Waals surface area contributed by atoms with E-state index in [-0.39, 0.29) is 10.1 Å². The summed E-state index contributed by atoms with van der Waals surface area (Å²) in [7, 11) is -3.73. The molecule has 1 unspecified atom stereocenters. The van der Waals surface area contributed by atoms with Crippen LogP contribution in [0.4, 0.5) is 5.13 Å². The summed E-state index contributed by atoms with van der Waals surface area (Å²) < 4.78 is 29.4. The number of aromatic nitrogens is 1. The monoisotopic (exact) mass is 542 g/mol. The number of sulfonamides is 1. The van der Waals surface area contributed by atoms with Gasteiger partial charge in [-0.2, -0.15) is 4.31 Å². The molecule has 2 fully saturated rings. The molecule has 33 heavy (non-hydrogen) atoms. The minimum absolute atomic E-state index is 0.104. The van der Waals surface area contributed by atoms with Gasteiger partial charge in [0.15, 0.2) is 5.13 Å². The lowest BCUT2D eigenvalue weighted by Gasteiger charge is -2.37. The van der Waals surface area contributed by atoms with Gasteiger partial charge in [0, 0.05) is 37.6 Å². The van der Waals surface area contributed by atoms with E-state index in [1.54, 1.807) is 34.1 Å². The van der Waals surface area contributed by atoms with Crippen LogP contribution in [0.25, 0.3) is 10.2 Å². The lowest BCUT2D eigenvalue weighted by Crippen LogP contribution is -2.54. The van der Waals surface area contributed by atoms with Crippen LogP contribution in [0.3, 0.4) is 0 Å². The molecule has 176 valence electrons. The van der Waals surface area contributed by atoms with Crippen LogP contribution in [0, 0.1) is 0 Å². The zero-order valence-electron chi connectivity index (χ0n) is 17.9. The second-order valence-electron chi connectivity index (χ2n) is 7.95. The summed E-state index contributed by atoms with van der Waals surface area (Å²) in [5.74, 6) is -0.104. The molecular weight excluding hydrogens is 520 g/mol. The minimum Gasteiger partial charge on any atom is -0.345 e. The number of piperazine rings is 1. The molecule has 0 N–H and O–H groups in total. The maximum Gasteiger partial charge on any atom is 0.253 e. The number of fused-ring (bicyclic) bond motifs is 1. The Hall–Kier alpha value is -1.37. The van der Waals surface area contributed by atoms with E-state index in [2.05, 4.69) is 29.4 Å². The lowest BCUT2D eigenvalue weighted by molar-refractivity contribution is -0.134. The Kier molecular flexibility index (Phi) is 6.62. The highest BCUT2D eigenvalue weighted by Crippen LogP contribution is 2.35. The average Bonchev–Trinajstić information content (AvgIpc) is 3.57. The first-order chi connectivity index (χ1) is 15.9. The molecule has 1 atom stereocenters. The first-order valence-electron chi connectivity index (χ1n) is 10.6. The molecular formula is C21H23ClN4O3S4. The number of halogens is 1. The number of thiophene rings is 1. The van der Waals surface area contributed by atoms with Crippen LogP contribution >= 0.6 is 46.0 Å². The summed E-state index contributed by atoms with van der Waals surface area (Å²) in [6.07, 6.45) is 3.28. The number of amides is 1. The second-order valence-corrected chi connectivity index (χ2v) is 13.6. The van der Waals surface area contributed by atoms with Crippen molar-refractivity contribution in [2.45, 2.75) is 28.0 Å². The van der Waals surface area contributed by atoms with Crippen molar-refractivity contribution in [3.05, 3.63) is 34.7 Å². The van der Waals surface area contributed by atoms with Gasteiger partial charge in [0.1, 0.15) is 10.3 Å². The third kappa shape index (κ3) is 4.39. The zero-order chi connectivity index (χ0) is 23.2. The van der Waals surface area contributed by atoms with E-state index in [1.807, 2.05) is 0 Å². The third-order valence-electron chi connectivity index (χ3n) is 6.05. The second kappa shape index (κ2) is 9.35. The molecule has 3 aromatic rings. The molecule has 0 radical (unpaired) electrons. The number of hydrogen-bond donors (Lipinski definition) is 0. The molecule has 0 spiro atoms. The molecule has 12 heteroatoms. The Balaban J connectivity index is 1.28. The number of nitrogens with zero attached hydrogens (tertiary/aromatic N) is 4. The van der Waals surface area contributed by atoms with Gasteiger partial charge in [-0.25, -0.2) is 13.4 Å².